The van der Waals surface area contributed by atoms with E-state index in [4.69, 9.17) is 18.9 Å². The van der Waals surface area contributed by atoms with Gasteiger partial charge in [-0.15, -0.1) is 0 Å². The van der Waals surface area contributed by atoms with E-state index < -0.39 is 0 Å². The zero-order chi connectivity index (χ0) is 22.5. The van der Waals surface area contributed by atoms with Gasteiger partial charge >= 0.3 is 0 Å². The second-order valence-corrected chi connectivity index (χ2v) is 8.42. The number of methoxy groups -OCH3 is 2. The molecule has 0 saturated carbocycles. The number of aromatic hydroxyl groups is 1. The first-order chi connectivity index (χ1) is 15.6. The predicted octanol–water partition coefficient (Wildman–Crippen LogP) is 5.36. The van der Waals surface area contributed by atoms with E-state index in [9.17, 15) is 5.11 Å². The minimum atomic E-state index is 0.336. The molecule has 0 spiro atoms. The van der Waals surface area contributed by atoms with Gasteiger partial charge in [-0.25, -0.2) is 4.98 Å². The van der Waals surface area contributed by atoms with E-state index in [2.05, 4.69) is 11.0 Å². The van der Waals surface area contributed by atoms with Crippen molar-refractivity contribution in [2.45, 2.75) is 51.6 Å². The largest absolute Gasteiger partial charge is 0.508 e. The standard InChI is InChI=1S/C26H32N2O4/c1-18-24(27-26(32-18)23-13-12-22(30-2)16-25(23)31-3)17-28-14-5-4-8-20(28)11-10-19-7-6-9-21(29)15-19/h6-7,9,12-13,15-16,20,29H,4-5,8,10-11,14,17H2,1-3H3. The summed E-state index contributed by atoms with van der Waals surface area (Å²) >= 11 is 0. The first-order valence-electron chi connectivity index (χ1n) is 11.3. The van der Waals surface area contributed by atoms with Crippen LogP contribution in [0.1, 0.15) is 42.7 Å². The van der Waals surface area contributed by atoms with Gasteiger partial charge in [0, 0.05) is 18.7 Å². The number of aromatic nitrogens is 1. The molecular weight excluding hydrogens is 404 g/mol. The highest BCUT2D eigenvalue weighted by Gasteiger charge is 2.25. The van der Waals surface area contributed by atoms with E-state index in [1.54, 1.807) is 20.3 Å². The molecule has 2 aromatic carbocycles. The highest BCUT2D eigenvalue weighted by molar-refractivity contribution is 5.65. The van der Waals surface area contributed by atoms with Gasteiger partial charge in [0.05, 0.1) is 25.5 Å². The Morgan fingerprint density at radius 1 is 1.12 bits per heavy atom. The van der Waals surface area contributed by atoms with Crippen molar-refractivity contribution >= 4 is 0 Å². The summed E-state index contributed by atoms with van der Waals surface area (Å²) in [7, 11) is 3.27. The summed E-state index contributed by atoms with van der Waals surface area (Å²) in [4.78, 5) is 7.37. The zero-order valence-corrected chi connectivity index (χ0v) is 19.1. The van der Waals surface area contributed by atoms with Crippen molar-refractivity contribution in [2.24, 2.45) is 0 Å². The molecule has 1 aliphatic heterocycles. The van der Waals surface area contributed by atoms with Gasteiger partial charge in [0.1, 0.15) is 23.0 Å². The molecule has 0 amide bonds. The maximum Gasteiger partial charge on any atom is 0.230 e. The number of hydrogen-bond acceptors (Lipinski definition) is 6. The first kappa shape index (κ1) is 22.2. The van der Waals surface area contributed by atoms with Crippen LogP contribution >= 0.6 is 0 Å². The average molecular weight is 437 g/mol. The number of piperidine rings is 1. The normalized spacial score (nSPS) is 16.8. The Labute approximate surface area is 189 Å². The summed E-state index contributed by atoms with van der Waals surface area (Å²) in [5.74, 6) is 3.17. The summed E-state index contributed by atoms with van der Waals surface area (Å²) in [5, 5.41) is 9.75. The highest BCUT2D eigenvalue weighted by Crippen LogP contribution is 2.34. The molecule has 4 rings (SSSR count). The van der Waals surface area contributed by atoms with Crippen LogP contribution in [0.2, 0.25) is 0 Å². The first-order valence-corrected chi connectivity index (χ1v) is 11.3. The Balaban J connectivity index is 1.48. The van der Waals surface area contributed by atoms with Crippen molar-refractivity contribution in [2.75, 3.05) is 20.8 Å². The molecule has 1 N–H and O–H groups in total. The lowest BCUT2D eigenvalue weighted by Crippen LogP contribution is -2.39. The number of oxazole rings is 1. The van der Waals surface area contributed by atoms with E-state index in [1.165, 1.54) is 24.8 Å². The molecule has 3 aromatic rings. The number of rotatable bonds is 8. The number of likely N-dealkylation sites (tertiary alicyclic amines) is 1. The molecule has 1 saturated heterocycles. The molecule has 1 aromatic heterocycles. The van der Waals surface area contributed by atoms with Crippen LogP contribution in [0.3, 0.4) is 0 Å². The molecule has 1 atom stereocenters. The Bertz CT molecular complexity index is 1050. The van der Waals surface area contributed by atoms with Crippen LogP contribution in [-0.4, -0.2) is 41.8 Å². The van der Waals surface area contributed by atoms with E-state index in [0.717, 1.165) is 48.7 Å². The second-order valence-electron chi connectivity index (χ2n) is 8.42. The number of phenols is 1. The summed E-state index contributed by atoms with van der Waals surface area (Å²) < 4.78 is 16.9. The average Bonchev–Trinajstić information content (AvgIpc) is 3.18. The van der Waals surface area contributed by atoms with Crippen molar-refractivity contribution in [3.63, 3.8) is 0 Å². The number of benzene rings is 2. The van der Waals surface area contributed by atoms with E-state index >= 15 is 0 Å². The molecule has 1 fully saturated rings. The van der Waals surface area contributed by atoms with Gasteiger partial charge in [-0.2, -0.15) is 0 Å². The molecule has 170 valence electrons. The molecule has 2 heterocycles. The van der Waals surface area contributed by atoms with Gasteiger partial charge in [-0.05, 0) is 69.0 Å². The quantitative estimate of drug-likeness (QED) is 0.513. The second kappa shape index (κ2) is 10.1. The number of nitrogens with zero attached hydrogens (tertiary/aromatic N) is 2. The van der Waals surface area contributed by atoms with Crippen molar-refractivity contribution < 1.29 is 19.0 Å². The van der Waals surface area contributed by atoms with Crippen molar-refractivity contribution in [3.05, 3.63) is 59.5 Å². The monoisotopic (exact) mass is 436 g/mol. The smallest absolute Gasteiger partial charge is 0.230 e. The van der Waals surface area contributed by atoms with Gasteiger partial charge < -0.3 is 19.0 Å². The van der Waals surface area contributed by atoms with Gasteiger partial charge in [-0.3, -0.25) is 4.90 Å². The van der Waals surface area contributed by atoms with Crippen LogP contribution in [0, 0.1) is 6.92 Å². The van der Waals surface area contributed by atoms with E-state index in [-0.39, 0.29) is 0 Å². The van der Waals surface area contributed by atoms with E-state index in [1.807, 2.05) is 37.3 Å². The van der Waals surface area contributed by atoms with Gasteiger partial charge in [0.25, 0.3) is 0 Å². The van der Waals surface area contributed by atoms with Gasteiger partial charge in [0.15, 0.2) is 0 Å². The Hall–Kier alpha value is -2.99. The van der Waals surface area contributed by atoms with Crippen molar-refractivity contribution in [3.8, 4) is 28.7 Å². The van der Waals surface area contributed by atoms with Crippen LogP contribution in [0.5, 0.6) is 17.2 Å². The van der Waals surface area contributed by atoms with Crippen LogP contribution in [0.15, 0.2) is 46.9 Å². The molecule has 6 nitrogen and oxygen atoms in total. The Morgan fingerprint density at radius 3 is 2.78 bits per heavy atom. The van der Waals surface area contributed by atoms with Crippen molar-refractivity contribution in [1.29, 1.82) is 0 Å². The number of hydrogen-bond donors (Lipinski definition) is 1. The molecule has 0 bridgehead atoms. The lowest BCUT2D eigenvalue weighted by molar-refractivity contribution is 0.130. The number of ether oxygens (including phenoxy) is 2. The summed E-state index contributed by atoms with van der Waals surface area (Å²) in [6.45, 7) is 3.82. The van der Waals surface area contributed by atoms with Crippen molar-refractivity contribution in [1.82, 2.24) is 9.88 Å². The highest BCUT2D eigenvalue weighted by atomic mass is 16.5. The van der Waals surface area contributed by atoms with Crippen LogP contribution < -0.4 is 9.47 Å². The summed E-state index contributed by atoms with van der Waals surface area (Å²) in [5.41, 5.74) is 2.98. The third-order valence-electron chi connectivity index (χ3n) is 6.31. The SMILES string of the molecule is COc1ccc(-c2nc(CN3CCCCC3CCc3cccc(O)c3)c(C)o2)c(OC)c1. The van der Waals surface area contributed by atoms with E-state index in [0.29, 0.717) is 23.4 Å². The molecule has 32 heavy (non-hydrogen) atoms. The molecule has 0 radical (unpaired) electrons. The maximum absolute atomic E-state index is 9.75. The van der Waals surface area contributed by atoms with Gasteiger partial charge in [-0.1, -0.05) is 18.6 Å². The fourth-order valence-corrected chi connectivity index (χ4v) is 4.50. The third-order valence-corrected chi connectivity index (χ3v) is 6.31. The summed E-state index contributed by atoms with van der Waals surface area (Å²) in [6.07, 6.45) is 5.68. The molecular formula is C26H32N2O4. The maximum atomic E-state index is 9.75. The lowest BCUT2D eigenvalue weighted by atomic mass is 9.95. The topological polar surface area (TPSA) is 68.0 Å². The minimum absolute atomic E-state index is 0.336. The zero-order valence-electron chi connectivity index (χ0n) is 19.1. The van der Waals surface area contributed by atoms with Crippen LogP contribution in [0.4, 0.5) is 0 Å². The fourth-order valence-electron chi connectivity index (χ4n) is 4.50. The van der Waals surface area contributed by atoms with Crippen LogP contribution in [-0.2, 0) is 13.0 Å². The predicted molar refractivity (Wildman–Crippen MR) is 124 cm³/mol. The van der Waals surface area contributed by atoms with Crippen LogP contribution in [0.25, 0.3) is 11.5 Å². The lowest BCUT2D eigenvalue weighted by Gasteiger charge is -2.35. The molecule has 1 unspecified atom stereocenters. The number of aryl methyl sites for hydroxylation is 2. The molecule has 0 aliphatic carbocycles. The third kappa shape index (κ3) is 5.07. The molecule has 6 heteroatoms. The van der Waals surface area contributed by atoms with Gasteiger partial charge in [0.2, 0.25) is 5.89 Å². The Morgan fingerprint density at radius 2 is 2.00 bits per heavy atom. The molecule has 1 aliphatic rings. The fraction of sp³-hybridized carbons (Fsp3) is 0.423. The summed E-state index contributed by atoms with van der Waals surface area (Å²) in [6, 6.07) is 13.7. The Kier molecular flexibility index (Phi) is 7.00. The number of phenolic OH excluding ortho intramolecular Hbond substituents is 1. The minimum Gasteiger partial charge on any atom is -0.508 e.